The van der Waals surface area contributed by atoms with Crippen molar-refractivity contribution in [1.29, 1.82) is 0 Å². The van der Waals surface area contributed by atoms with Gasteiger partial charge in [-0.25, -0.2) is 4.79 Å². The summed E-state index contributed by atoms with van der Waals surface area (Å²) >= 11 is 0. The number of carbonyl (C=O) groups is 1. The Morgan fingerprint density at radius 3 is 1.69 bits per heavy atom. The summed E-state index contributed by atoms with van der Waals surface area (Å²) in [5.74, 6) is -0.153. The van der Waals surface area contributed by atoms with E-state index in [1.807, 2.05) is 13.1 Å². The van der Waals surface area contributed by atoms with Crippen LogP contribution < -0.4 is 0 Å². The summed E-state index contributed by atoms with van der Waals surface area (Å²) in [7, 11) is 0. The molecular formula is C29H21NO2. The predicted octanol–water partition coefficient (Wildman–Crippen LogP) is 6.49. The lowest BCUT2D eigenvalue weighted by Gasteiger charge is -2.41. The van der Waals surface area contributed by atoms with Gasteiger partial charge in [0.1, 0.15) is 5.69 Å². The van der Waals surface area contributed by atoms with Gasteiger partial charge in [-0.1, -0.05) is 48.5 Å². The first kappa shape index (κ1) is 17.8. The number of aromatic amines is 1. The summed E-state index contributed by atoms with van der Waals surface area (Å²) in [6.45, 7) is 2.21. The Morgan fingerprint density at radius 1 is 0.750 bits per heavy atom. The highest BCUT2D eigenvalue weighted by Gasteiger charge is 2.44. The van der Waals surface area contributed by atoms with Gasteiger partial charge in [-0.2, -0.15) is 0 Å². The van der Waals surface area contributed by atoms with E-state index in [9.17, 15) is 4.79 Å². The Hall–Kier alpha value is -3.85. The van der Waals surface area contributed by atoms with Gasteiger partial charge < -0.3 is 9.72 Å². The molecule has 1 N–H and O–H groups in total. The van der Waals surface area contributed by atoms with Crippen molar-refractivity contribution in [3.63, 3.8) is 0 Å². The highest BCUT2D eigenvalue weighted by molar-refractivity contribution is 5.94. The molecular weight excluding hydrogens is 394 g/mol. The molecule has 5 aromatic rings. The van der Waals surface area contributed by atoms with E-state index in [2.05, 4.69) is 77.8 Å². The van der Waals surface area contributed by atoms with Gasteiger partial charge in [-0.3, -0.25) is 0 Å². The van der Waals surface area contributed by atoms with E-state index in [0.717, 1.165) is 5.56 Å². The molecule has 3 heteroatoms. The van der Waals surface area contributed by atoms with Crippen LogP contribution in [0.25, 0.3) is 21.5 Å². The smallest absolute Gasteiger partial charge is 0.355 e. The van der Waals surface area contributed by atoms with Gasteiger partial charge in [0, 0.05) is 23.6 Å². The SMILES string of the molecule is CCOC(=O)c1[nH]cc2c1C1c3cc4ccccc4cc3C2c2cc3ccccc3cc21. The zero-order chi connectivity index (χ0) is 21.4. The fraction of sp³-hybridized carbons (Fsp3) is 0.138. The molecule has 1 heterocycles. The molecule has 0 radical (unpaired) electrons. The minimum absolute atomic E-state index is 0.0138. The van der Waals surface area contributed by atoms with Gasteiger partial charge >= 0.3 is 5.97 Å². The van der Waals surface area contributed by atoms with E-state index in [1.54, 1.807) is 0 Å². The molecule has 0 atom stereocenters. The van der Waals surface area contributed by atoms with Gasteiger partial charge in [-0.05, 0) is 80.6 Å². The molecule has 3 aliphatic carbocycles. The lowest BCUT2D eigenvalue weighted by molar-refractivity contribution is 0.0518. The number of ether oxygens (including phenoxy) is 1. The molecule has 0 saturated heterocycles. The second-order valence-corrected chi connectivity index (χ2v) is 8.78. The van der Waals surface area contributed by atoms with Crippen LogP contribution >= 0.6 is 0 Å². The average Bonchev–Trinajstić information content (AvgIpc) is 3.27. The molecule has 0 fully saturated rings. The van der Waals surface area contributed by atoms with E-state index < -0.39 is 0 Å². The molecule has 0 spiro atoms. The number of carbonyl (C=O) groups excluding carboxylic acids is 1. The lowest BCUT2D eigenvalue weighted by atomic mass is 9.61. The zero-order valence-corrected chi connectivity index (χ0v) is 17.7. The number of benzene rings is 4. The van der Waals surface area contributed by atoms with Crippen LogP contribution in [0.4, 0.5) is 0 Å². The quantitative estimate of drug-likeness (QED) is 0.328. The van der Waals surface area contributed by atoms with Crippen molar-refractivity contribution in [2.45, 2.75) is 18.8 Å². The summed E-state index contributed by atoms with van der Waals surface area (Å²) in [4.78, 5) is 16.1. The lowest BCUT2D eigenvalue weighted by Crippen LogP contribution is -2.28. The Bertz CT molecular complexity index is 1490. The third-order valence-electron chi connectivity index (χ3n) is 7.18. The van der Waals surface area contributed by atoms with Crippen molar-refractivity contribution in [1.82, 2.24) is 4.98 Å². The monoisotopic (exact) mass is 415 g/mol. The Labute approximate surface area is 185 Å². The van der Waals surface area contributed by atoms with E-state index in [1.165, 1.54) is 49.4 Å². The minimum atomic E-state index is -0.272. The van der Waals surface area contributed by atoms with Crippen molar-refractivity contribution in [3.8, 4) is 0 Å². The maximum atomic E-state index is 12.8. The average molecular weight is 415 g/mol. The molecule has 2 bridgehead atoms. The molecule has 0 saturated carbocycles. The first-order valence-electron chi connectivity index (χ1n) is 11.2. The molecule has 1 aromatic heterocycles. The van der Waals surface area contributed by atoms with Crippen LogP contribution in [-0.2, 0) is 4.74 Å². The van der Waals surface area contributed by atoms with Crippen LogP contribution in [0.2, 0.25) is 0 Å². The summed E-state index contributed by atoms with van der Waals surface area (Å²) in [6, 6.07) is 26.4. The van der Waals surface area contributed by atoms with E-state index >= 15 is 0 Å². The van der Waals surface area contributed by atoms with Crippen LogP contribution in [0.5, 0.6) is 0 Å². The van der Waals surface area contributed by atoms with E-state index in [4.69, 9.17) is 4.74 Å². The second kappa shape index (κ2) is 6.33. The van der Waals surface area contributed by atoms with Gasteiger partial charge in [-0.15, -0.1) is 0 Å². The molecule has 8 rings (SSSR count). The Morgan fingerprint density at radius 2 is 1.22 bits per heavy atom. The summed E-state index contributed by atoms with van der Waals surface area (Å²) < 4.78 is 5.41. The first-order valence-corrected chi connectivity index (χ1v) is 11.2. The summed E-state index contributed by atoms with van der Waals surface area (Å²) in [5, 5.41) is 4.97. The maximum absolute atomic E-state index is 12.8. The predicted molar refractivity (Wildman–Crippen MR) is 127 cm³/mol. The second-order valence-electron chi connectivity index (χ2n) is 8.78. The van der Waals surface area contributed by atoms with Gasteiger partial charge in [0.05, 0.1) is 6.61 Å². The molecule has 4 aromatic carbocycles. The third kappa shape index (κ3) is 2.23. The van der Waals surface area contributed by atoms with Crippen molar-refractivity contribution < 1.29 is 9.53 Å². The number of rotatable bonds is 2. The molecule has 154 valence electrons. The highest BCUT2D eigenvalue weighted by Crippen LogP contribution is 2.57. The Kier molecular flexibility index (Phi) is 3.52. The molecule has 3 nitrogen and oxygen atoms in total. The number of esters is 1. The van der Waals surface area contributed by atoms with Crippen LogP contribution in [0.1, 0.15) is 62.6 Å². The highest BCUT2D eigenvalue weighted by atomic mass is 16.5. The number of fused-ring (bicyclic) bond motifs is 2. The number of nitrogens with one attached hydrogen (secondary N) is 1. The number of H-pyrrole nitrogens is 1. The van der Waals surface area contributed by atoms with Crippen LogP contribution in [0.15, 0.2) is 79.0 Å². The largest absolute Gasteiger partial charge is 0.461 e. The Balaban J connectivity index is 1.57. The number of hydrogen-bond donors (Lipinski definition) is 1. The molecule has 32 heavy (non-hydrogen) atoms. The van der Waals surface area contributed by atoms with Crippen LogP contribution in [0, 0.1) is 0 Å². The number of hydrogen-bond acceptors (Lipinski definition) is 2. The van der Waals surface area contributed by atoms with Crippen LogP contribution in [0.3, 0.4) is 0 Å². The van der Waals surface area contributed by atoms with E-state index in [0.29, 0.717) is 12.3 Å². The minimum Gasteiger partial charge on any atom is -0.461 e. The van der Waals surface area contributed by atoms with Gasteiger partial charge in [0.15, 0.2) is 0 Å². The fourth-order valence-electron chi connectivity index (χ4n) is 5.90. The van der Waals surface area contributed by atoms with Crippen molar-refractivity contribution in [3.05, 3.63) is 118 Å². The third-order valence-corrected chi connectivity index (χ3v) is 7.18. The summed E-state index contributed by atoms with van der Waals surface area (Å²) in [5.41, 5.74) is 8.16. The number of aromatic nitrogens is 1. The van der Waals surface area contributed by atoms with Crippen LogP contribution in [-0.4, -0.2) is 17.6 Å². The van der Waals surface area contributed by atoms with Crippen molar-refractivity contribution in [2.24, 2.45) is 0 Å². The maximum Gasteiger partial charge on any atom is 0.355 e. The van der Waals surface area contributed by atoms with Gasteiger partial charge in [0.2, 0.25) is 0 Å². The van der Waals surface area contributed by atoms with E-state index in [-0.39, 0.29) is 17.8 Å². The molecule has 0 amide bonds. The zero-order valence-electron chi connectivity index (χ0n) is 17.7. The fourth-order valence-corrected chi connectivity index (χ4v) is 5.90. The standard InChI is InChI=1S/C29H21NO2/c1-2-32-29(31)28-27-24(15-30-28)25-20-11-16-7-3-5-9-18(16)13-22(20)26(27)23-14-19-10-6-4-8-17(19)12-21(23)25/h3-15,25-26,30H,2H2,1H3. The first-order chi connectivity index (χ1) is 15.7. The molecule has 3 aliphatic rings. The van der Waals surface area contributed by atoms with Crippen molar-refractivity contribution in [2.75, 3.05) is 6.61 Å². The normalized spacial score (nSPS) is 17.8. The topological polar surface area (TPSA) is 42.1 Å². The molecule has 0 aliphatic heterocycles. The van der Waals surface area contributed by atoms with Gasteiger partial charge in [0.25, 0.3) is 0 Å². The summed E-state index contributed by atoms with van der Waals surface area (Å²) in [6.07, 6.45) is 2.02. The molecule has 0 unspecified atom stereocenters. The van der Waals surface area contributed by atoms with Crippen molar-refractivity contribution >= 4 is 27.5 Å².